The molecule has 1 rings (SSSR count). The monoisotopic (exact) mass is 228 g/mol. The molecule has 1 radical (unpaired) electrons. The van der Waals surface area contributed by atoms with Gasteiger partial charge in [0.1, 0.15) is 5.54 Å². The second kappa shape index (κ2) is 3.46. The number of nitrogens with two attached hydrogens (primary N) is 1. The largest absolute Gasteiger partial charge is 0.480 e. The molecule has 0 unspecified atom stereocenters. The van der Waals surface area contributed by atoms with Gasteiger partial charge in [-0.1, -0.05) is 12.8 Å². The third-order valence-electron chi connectivity index (χ3n) is 1.92. The first-order valence-corrected chi connectivity index (χ1v) is 3.17. The number of carbonyl (C=O) groups is 1. The van der Waals surface area contributed by atoms with Crippen LogP contribution in [0, 0.1) is 0 Å². The summed E-state index contributed by atoms with van der Waals surface area (Å²) in [5.74, 6) is -0.847. The van der Waals surface area contributed by atoms with E-state index in [2.05, 4.69) is 0 Å². The van der Waals surface area contributed by atoms with Gasteiger partial charge in [0.2, 0.25) is 0 Å². The van der Waals surface area contributed by atoms with E-state index in [4.69, 9.17) is 10.8 Å². The second-order valence-corrected chi connectivity index (χ2v) is 2.67. The summed E-state index contributed by atoms with van der Waals surface area (Å²) < 4.78 is 0. The van der Waals surface area contributed by atoms with Gasteiger partial charge in [0.25, 0.3) is 0 Å². The van der Waals surface area contributed by atoms with E-state index in [1.165, 1.54) is 0 Å². The predicted octanol–water partition coefficient (Wildman–Crippen LogP) is 0.340. The van der Waals surface area contributed by atoms with E-state index < -0.39 is 11.5 Å². The van der Waals surface area contributed by atoms with Gasteiger partial charge < -0.3 is 10.8 Å². The molecule has 0 saturated heterocycles. The van der Waals surface area contributed by atoms with Gasteiger partial charge in [-0.25, -0.2) is 0 Å². The van der Waals surface area contributed by atoms with Crippen LogP contribution in [0.2, 0.25) is 0 Å². The minimum atomic E-state index is -0.889. The van der Waals surface area contributed by atoms with Gasteiger partial charge in [0.05, 0.1) is 0 Å². The Labute approximate surface area is 73.3 Å². The van der Waals surface area contributed by atoms with Crippen molar-refractivity contribution in [2.75, 3.05) is 0 Å². The molecule has 0 bridgehead atoms. The van der Waals surface area contributed by atoms with Gasteiger partial charge in [-0.3, -0.25) is 4.79 Å². The number of rotatable bonds is 1. The summed E-state index contributed by atoms with van der Waals surface area (Å²) in [7, 11) is 0. The Morgan fingerprint density at radius 1 is 1.40 bits per heavy atom. The van der Waals surface area contributed by atoms with Crippen LogP contribution in [0.25, 0.3) is 0 Å². The molecule has 0 amide bonds. The predicted molar refractivity (Wildman–Crippen MR) is 33.0 cm³/mol. The molecule has 10 heavy (non-hydrogen) atoms. The van der Waals surface area contributed by atoms with Crippen LogP contribution < -0.4 is 5.73 Å². The van der Waals surface area contributed by atoms with Gasteiger partial charge in [-0.15, -0.1) is 0 Å². The topological polar surface area (TPSA) is 63.3 Å². The quantitative estimate of drug-likeness (QED) is 0.680. The SMILES string of the molecule is NC1(C(=O)O)CCCC1.[99Tc]. The molecule has 0 spiro atoms. The van der Waals surface area contributed by atoms with Crippen LogP contribution in [-0.2, 0) is 24.9 Å². The van der Waals surface area contributed by atoms with Crippen molar-refractivity contribution in [3.63, 3.8) is 0 Å². The van der Waals surface area contributed by atoms with Crippen LogP contribution in [0.5, 0.6) is 0 Å². The molecule has 0 atom stereocenters. The Morgan fingerprint density at radius 3 is 2.00 bits per heavy atom. The molecule has 0 heterocycles. The van der Waals surface area contributed by atoms with Gasteiger partial charge in [0.15, 0.2) is 0 Å². The van der Waals surface area contributed by atoms with Gasteiger partial charge in [-0.2, -0.15) is 0 Å². The summed E-state index contributed by atoms with van der Waals surface area (Å²) in [5.41, 5.74) is 4.61. The van der Waals surface area contributed by atoms with E-state index in [1.807, 2.05) is 0 Å². The van der Waals surface area contributed by atoms with Crippen molar-refractivity contribution in [2.24, 2.45) is 5.73 Å². The first-order chi connectivity index (χ1) is 4.15. The number of hydrogen-bond donors (Lipinski definition) is 2. The molecule has 59 valence electrons. The van der Waals surface area contributed by atoms with Gasteiger partial charge in [-0.05, 0) is 12.8 Å². The molecule has 1 saturated carbocycles. The normalized spacial score (nSPS) is 21.7. The van der Waals surface area contributed by atoms with Crippen molar-refractivity contribution in [3.05, 3.63) is 0 Å². The molecule has 0 aliphatic heterocycles. The summed E-state index contributed by atoms with van der Waals surface area (Å²) in [4.78, 5) is 10.4. The Kier molecular flexibility index (Phi) is 3.49. The number of carboxylic acid groups (broad SMARTS) is 1. The molecule has 0 aromatic carbocycles. The van der Waals surface area contributed by atoms with Crippen molar-refractivity contribution in [3.8, 4) is 0 Å². The van der Waals surface area contributed by atoms with Crippen LogP contribution in [-0.4, -0.2) is 16.6 Å². The first-order valence-electron chi connectivity index (χ1n) is 3.17. The number of aliphatic carboxylic acids is 1. The van der Waals surface area contributed by atoms with E-state index >= 15 is 0 Å². The Bertz CT molecular complexity index is 132. The second-order valence-electron chi connectivity index (χ2n) is 2.67. The van der Waals surface area contributed by atoms with Gasteiger partial charge >= 0.3 is 5.97 Å². The Balaban J connectivity index is 0.000000810. The van der Waals surface area contributed by atoms with Crippen LogP contribution in [0.3, 0.4) is 0 Å². The molecule has 1 aliphatic carbocycles. The summed E-state index contributed by atoms with van der Waals surface area (Å²) in [6, 6.07) is 0. The van der Waals surface area contributed by atoms with Crippen LogP contribution in [0.4, 0.5) is 0 Å². The average molecular weight is 228 g/mol. The summed E-state index contributed by atoms with van der Waals surface area (Å²) in [6.07, 6.45) is 3.20. The van der Waals surface area contributed by atoms with Crippen LogP contribution in [0.15, 0.2) is 0 Å². The zero-order chi connectivity index (χ0) is 6.91. The molecule has 3 N–H and O–H groups in total. The first kappa shape index (κ1) is 10.1. The minimum absolute atomic E-state index is 0. The summed E-state index contributed by atoms with van der Waals surface area (Å²) in [6.45, 7) is 0. The third kappa shape index (κ3) is 1.78. The fourth-order valence-corrected chi connectivity index (χ4v) is 1.22. The van der Waals surface area contributed by atoms with Crippen LogP contribution >= 0.6 is 0 Å². The maximum atomic E-state index is 10.4. The van der Waals surface area contributed by atoms with Crippen molar-refractivity contribution < 1.29 is 30.0 Å². The Hall–Kier alpha value is 0.0794. The smallest absolute Gasteiger partial charge is 0.323 e. The van der Waals surface area contributed by atoms with Crippen molar-refractivity contribution in [2.45, 2.75) is 31.2 Å². The minimum Gasteiger partial charge on any atom is -0.480 e. The molecular weight excluding hydrogens is 217 g/mol. The standard InChI is InChI=1S/C6H11NO2.Tc/c7-6(5(8)9)3-1-2-4-6;/h1-4,7H2,(H,8,9);/i;1+1. The zero-order valence-electron chi connectivity index (χ0n) is 5.64. The van der Waals surface area contributed by atoms with Crippen molar-refractivity contribution in [1.29, 1.82) is 0 Å². The third-order valence-corrected chi connectivity index (χ3v) is 1.92. The van der Waals surface area contributed by atoms with Gasteiger partial charge in [0, 0.05) is 20.1 Å². The number of hydrogen-bond acceptors (Lipinski definition) is 2. The van der Waals surface area contributed by atoms with E-state index in [1.54, 1.807) is 0 Å². The summed E-state index contributed by atoms with van der Waals surface area (Å²) >= 11 is 0. The van der Waals surface area contributed by atoms with E-state index in [0.29, 0.717) is 12.8 Å². The zero-order valence-corrected chi connectivity index (χ0v) is 7.50. The maximum Gasteiger partial charge on any atom is 0.323 e. The summed E-state index contributed by atoms with van der Waals surface area (Å²) in [5, 5.41) is 8.55. The Morgan fingerprint density at radius 2 is 1.80 bits per heavy atom. The fraction of sp³-hybridized carbons (Fsp3) is 0.833. The van der Waals surface area contributed by atoms with E-state index in [9.17, 15) is 4.79 Å². The molecule has 1 fully saturated rings. The van der Waals surface area contributed by atoms with E-state index in [-0.39, 0.29) is 20.1 Å². The van der Waals surface area contributed by atoms with E-state index in [0.717, 1.165) is 12.8 Å². The maximum absolute atomic E-state index is 10.4. The number of carboxylic acids is 1. The molecule has 1 aliphatic rings. The fourth-order valence-electron chi connectivity index (χ4n) is 1.22. The van der Waals surface area contributed by atoms with Crippen molar-refractivity contribution >= 4 is 5.97 Å². The average Bonchev–Trinajstić information content (AvgIpc) is 2.16. The molecular formula is C6H11NO2Tc. The van der Waals surface area contributed by atoms with Crippen LogP contribution in [0.1, 0.15) is 25.7 Å². The molecule has 3 nitrogen and oxygen atoms in total. The molecule has 0 aromatic heterocycles. The van der Waals surface area contributed by atoms with Crippen molar-refractivity contribution in [1.82, 2.24) is 0 Å². The molecule has 4 heteroatoms. The molecule has 0 aromatic rings.